The van der Waals surface area contributed by atoms with Crippen LogP contribution in [0.2, 0.25) is 0 Å². The Morgan fingerprint density at radius 3 is 2.38 bits per heavy atom. The molecule has 0 amide bonds. The highest BCUT2D eigenvalue weighted by Crippen LogP contribution is 2.21. The van der Waals surface area contributed by atoms with Gasteiger partial charge in [-0.3, -0.25) is 0 Å². The van der Waals surface area contributed by atoms with Crippen molar-refractivity contribution in [3.63, 3.8) is 0 Å². The van der Waals surface area contributed by atoms with Crippen molar-refractivity contribution in [1.82, 2.24) is 0 Å². The van der Waals surface area contributed by atoms with E-state index >= 15 is 0 Å². The van der Waals surface area contributed by atoms with Crippen LogP contribution in [0.5, 0.6) is 0 Å². The molecule has 16 heavy (non-hydrogen) atoms. The van der Waals surface area contributed by atoms with Gasteiger partial charge in [-0.15, -0.1) is 12.4 Å². The largest absolute Gasteiger partial charge is 0.324 e. The van der Waals surface area contributed by atoms with Gasteiger partial charge in [-0.05, 0) is 37.0 Å². The third kappa shape index (κ3) is 4.45. The summed E-state index contributed by atoms with van der Waals surface area (Å²) in [6, 6.07) is 3.00. The summed E-state index contributed by atoms with van der Waals surface area (Å²) >= 11 is 0. The molecule has 1 rings (SSSR count). The molecule has 0 unspecified atom stereocenters. The zero-order chi connectivity index (χ0) is 11.4. The average Bonchev–Trinajstić information content (AvgIpc) is 2.18. The Hall–Kier alpha value is -0.670. The minimum absolute atomic E-state index is 0. The molecule has 1 atom stereocenters. The lowest BCUT2D eigenvalue weighted by Crippen LogP contribution is -2.13. The molecule has 0 heterocycles. The van der Waals surface area contributed by atoms with Gasteiger partial charge in [-0.1, -0.05) is 13.8 Å². The van der Waals surface area contributed by atoms with Crippen molar-refractivity contribution < 1.29 is 8.78 Å². The van der Waals surface area contributed by atoms with E-state index in [-0.39, 0.29) is 18.0 Å². The van der Waals surface area contributed by atoms with Crippen LogP contribution in [0.25, 0.3) is 0 Å². The number of hydrogen-bond acceptors (Lipinski definition) is 1. The smallest absolute Gasteiger partial charge is 0.128 e. The Bertz CT molecular complexity index is 329. The average molecular weight is 250 g/mol. The molecule has 1 aromatic rings. The topological polar surface area (TPSA) is 26.0 Å². The van der Waals surface area contributed by atoms with Crippen LogP contribution in [0.3, 0.4) is 0 Å². The van der Waals surface area contributed by atoms with Gasteiger partial charge in [0, 0.05) is 11.6 Å². The van der Waals surface area contributed by atoms with Crippen molar-refractivity contribution in [2.75, 3.05) is 0 Å². The van der Waals surface area contributed by atoms with Crippen LogP contribution in [-0.2, 0) is 0 Å². The Balaban J connectivity index is 0.00000225. The number of halogens is 3. The first-order valence-electron chi connectivity index (χ1n) is 5.21. The zero-order valence-electron chi connectivity index (χ0n) is 9.54. The second kappa shape index (κ2) is 6.81. The molecule has 1 aromatic carbocycles. The molecule has 0 aliphatic carbocycles. The molecule has 0 radical (unpaired) electrons. The summed E-state index contributed by atoms with van der Waals surface area (Å²) in [5, 5.41) is 0. The summed E-state index contributed by atoms with van der Waals surface area (Å²) in [5.74, 6) is -0.341. The van der Waals surface area contributed by atoms with Crippen LogP contribution in [0.4, 0.5) is 8.78 Å². The van der Waals surface area contributed by atoms with Crippen molar-refractivity contribution in [3.05, 3.63) is 35.4 Å². The van der Waals surface area contributed by atoms with Crippen LogP contribution < -0.4 is 5.73 Å². The van der Waals surface area contributed by atoms with E-state index in [1.165, 1.54) is 6.07 Å². The fourth-order valence-corrected chi connectivity index (χ4v) is 1.47. The minimum Gasteiger partial charge on any atom is -0.324 e. The first-order chi connectivity index (χ1) is 7.00. The molecule has 0 bridgehead atoms. The normalized spacial score (nSPS) is 12.4. The first kappa shape index (κ1) is 15.3. The highest BCUT2D eigenvalue weighted by Gasteiger charge is 2.12. The van der Waals surface area contributed by atoms with E-state index in [0.29, 0.717) is 12.3 Å². The summed E-state index contributed by atoms with van der Waals surface area (Å²) in [6.07, 6.45) is 1.59. The SMILES string of the molecule is CC(C)CC[C@@H](N)c1cc(F)ccc1F.Cl. The Kier molecular flexibility index (Phi) is 6.53. The van der Waals surface area contributed by atoms with Gasteiger partial charge in [-0.25, -0.2) is 8.78 Å². The molecule has 4 heteroatoms. The van der Waals surface area contributed by atoms with E-state index in [2.05, 4.69) is 13.8 Å². The number of hydrogen-bond donors (Lipinski definition) is 1. The molecule has 0 saturated heterocycles. The van der Waals surface area contributed by atoms with Crippen LogP contribution in [-0.4, -0.2) is 0 Å². The number of benzene rings is 1. The van der Waals surface area contributed by atoms with Crippen molar-refractivity contribution in [2.45, 2.75) is 32.7 Å². The summed E-state index contributed by atoms with van der Waals surface area (Å²) in [7, 11) is 0. The maximum atomic E-state index is 13.3. The van der Waals surface area contributed by atoms with Crippen molar-refractivity contribution in [3.8, 4) is 0 Å². The minimum atomic E-state index is -0.439. The van der Waals surface area contributed by atoms with E-state index in [1.54, 1.807) is 0 Å². The van der Waals surface area contributed by atoms with Gasteiger partial charge in [0.1, 0.15) is 11.6 Å². The predicted octanol–water partition coefficient (Wildman–Crippen LogP) is 3.82. The Labute approximate surface area is 101 Å². The molecule has 0 fully saturated rings. The van der Waals surface area contributed by atoms with E-state index in [9.17, 15) is 8.78 Å². The molecule has 92 valence electrons. The van der Waals surface area contributed by atoms with Crippen LogP contribution in [0.15, 0.2) is 18.2 Å². The van der Waals surface area contributed by atoms with Crippen molar-refractivity contribution in [2.24, 2.45) is 11.7 Å². The van der Waals surface area contributed by atoms with Gasteiger partial charge in [0.2, 0.25) is 0 Å². The first-order valence-corrected chi connectivity index (χ1v) is 5.21. The molecule has 0 aliphatic rings. The highest BCUT2D eigenvalue weighted by atomic mass is 35.5. The lowest BCUT2D eigenvalue weighted by molar-refractivity contribution is 0.487. The number of rotatable bonds is 4. The second-order valence-electron chi connectivity index (χ2n) is 4.24. The van der Waals surface area contributed by atoms with E-state index in [1.807, 2.05) is 0 Å². The molecule has 0 aliphatic heterocycles. The summed E-state index contributed by atoms with van der Waals surface area (Å²) in [5.41, 5.74) is 6.08. The maximum Gasteiger partial charge on any atom is 0.128 e. The van der Waals surface area contributed by atoms with E-state index in [4.69, 9.17) is 5.73 Å². The second-order valence-corrected chi connectivity index (χ2v) is 4.24. The highest BCUT2D eigenvalue weighted by molar-refractivity contribution is 5.85. The van der Waals surface area contributed by atoms with Gasteiger partial charge in [-0.2, -0.15) is 0 Å². The Morgan fingerprint density at radius 1 is 1.19 bits per heavy atom. The molecule has 2 N–H and O–H groups in total. The van der Waals surface area contributed by atoms with Gasteiger partial charge in [0.05, 0.1) is 0 Å². The lowest BCUT2D eigenvalue weighted by Gasteiger charge is -2.14. The quantitative estimate of drug-likeness (QED) is 0.863. The lowest BCUT2D eigenvalue weighted by atomic mass is 9.98. The van der Waals surface area contributed by atoms with Gasteiger partial charge in [0.25, 0.3) is 0 Å². The van der Waals surface area contributed by atoms with Crippen LogP contribution in [0, 0.1) is 17.6 Å². The fourth-order valence-electron chi connectivity index (χ4n) is 1.47. The molecule has 0 spiro atoms. The molecule has 0 saturated carbocycles. The summed E-state index contributed by atoms with van der Waals surface area (Å²) < 4.78 is 26.2. The predicted molar refractivity (Wildman–Crippen MR) is 64.6 cm³/mol. The fraction of sp³-hybridized carbons (Fsp3) is 0.500. The maximum absolute atomic E-state index is 13.3. The zero-order valence-corrected chi connectivity index (χ0v) is 10.4. The molecular formula is C12H18ClF2N. The van der Waals surface area contributed by atoms with Crippen LogP contribution in [0.1, 0.15) is 38.3 Å². The number of nitrogens with two attached hydrogens (primary N) is 1. The monoisotopic (exact) mass is 249 g/mol. The summed E-state index contributed by atoms with van der Waals surface area (Å²) in [6.45, 7) is 4.16. The van der Waals surface area contributed by atoms with Crippen LogP contribution >= 0.6 is 12.4 Å². The van der Waals surface area contributed by atoms with Gasteiger partial charge in [0.15, 0.2) is 0 Å². The van der Waals surface area contributed by atoms with Crippen molar-refractivity contribution in [1.29, 1.82) is 0 Å². The van der Waals surface area contributed by atoms with Crippen molar-refractivity contribution >= 4 is 12.4 Å². The third-order valence-electron chi connectivity index (χ3n) is 2.41. The third-order valence-corrected chi connectivity index (χ3v) is 2.41. The van der Waals surface area contributed by atoms with E-state index < -0.39 is 17.7 Å². The van der Waals surface area contributed by atoms with E-state index in [0.717, 1.165) is 18.6 Å². The van der Waals surface area contributed by atoms with Gasteiger partial charge < -0.3 is 5.73 Å². The molecule has 0 aromatic heterocycles. The van der Waals surface area contributed by atoms with Gasteiger partial charge >= 0.3 is 0 Å². The standard InChI is InChI=1S/C12H17F2N.ClH/c1-8(2)3-6-12(15)10-7-9(13)4-5-11(10)14;/h4-5,7-8,12H,3,6,15H2,1-2H3;1H/t12-;/m1./s1. The molecular weight excluding hydrogens is 232 g/mol. The summed E-state index contributed by atoms with van der Waals surface area (Å²) in [4.78, 5) is 0. The Morgan fingerprint density at radius 2 is 1.81 bits per heavy atom. The molecule has 1 nitrogen and oxygen atoms in total.